The molecule has 2 fully saturated rings. The van der Waals surface area contributed by atoms with E-state index in [2.05, 4.69) is 24.1 Å². The van der Waals surface area contributed by atoms with Gasteiger partial charge in [0.25, 0.3) is 0 Å². The molecule has 98 valence electrons. The maximum atomic E-state index is 12.4. The Hall–Kier alpha value is -0.570. The zero-order chi connectivity index (χ0) is 12.3. The van der Waals surface area contributed by atoms with Gasteiger partial charge in [0, 0.05) is 25.0 Å². The van der Waals surface area contributed by atoms with Gasteiger partial charge in [-0.15, -0.1) is 0 Å². The molecule has 1 amide bonds. The fourth-order valence-electron chi connectivity index (χ4n) is 2.83. The van der Waals surface area contributed by atoms with E-state index in [1.54, 1.807) is 0 Å². The third kappa shape index (κ3) is 3.44. The van der Waals surface area contributed by atoms with E-state index in [4.69, 9.17) is 0 Å². The maximum absolute atomic E-state index is 12.4. The first-order valence-corrected chi connectivity index (χ1v) is 7.24. The summed E-state index contributed by atoms with van der Waals surface area (Å²) in [6, 6.07) is 0.539. The van der Waals surface area contributed by atoms with Crippen LogP contribution in [0.3, 0.4) is 0 Å². The van der Waals surface area contributed by atoms with E-state index in [-0.39, 0.29) is 5.92 Å². The molecule has 2 atom stereocenters. The summed E-state index contributed by atoms with van der Waals surface area (Å²) in [6.45, 7) is 7.24. The van der Waals surface area contributed by atoms with Gasteiger partial charge in [0.2, 0.25) is 5.91 Å². The summed E-state index contributed by atoms with van der Waals surface area (Å²) in [7, 11) is 0. The van der Waals surface area contributed by atoms with Crippen LogP contribution in [0.15, 0.2) is 0 Å². The zero-order valence-corrected chi connectivity index (χ0v) is 11.2. The predicted molar refractivity (Wildman–Crippen MR) is 69.8 cm³/mol. The van der Waals surface area contributed by atoms with Crippen LogP contribution in [0.1, 0.15) is 46.0 Å². The van der Waals surface area contributed by atoms with E-state index in [1.807, 2.05) is 0 Å². The summed E-state index contributed by atoms with van der Waals surface area (Å²) >= 11 is 0. The highest BCUT2D eigenvalue weighted by Gasteiger charge is 2.35. The predicted octanol–water partition coefficient (Wildman–Crippen LogP) is 2.02. The van der Waals surface area contributed by atoms with Crippen molar-refractivity contribution in [3.63, 3.8) is 0 Å². The number of rotatable bonds is 6. The van der Waals surface area contributed by atoms with Gasteiger partial charge >= 0.3 is 0 Å². The molecule has 0 radical (unpaired) electrons. The summed E-state index contributed by atoms with van der Waals surface area (Å²) in [4.78, 5) is 14.5. The van der Waals surface area contributed by atoms with Crippen molar-refractivity contribution in [2.75, 3.05) is 19.6 Å². The number of amides is 1. The van der Waals surface area contributed by atoms with Crippen LogP contribution in [0, 0.1) is 11.8 Å². The molecule has 2 rings (SSSR count). The Morgan fingerprint density at radius 1 is 1.41 bits per heavy atom. The maximum Gasteiger partial charge on any atom is 0.225 e. The van der Waals surface area contributed by atoms with E-state index in [9.17, 15) is 4.79 Å². The lowest BCUT2D eigenvalue weighted by atomic mass is 10.0. The standard InChI is InChI=1S/C14H26N2O/c1-3-9-16(10-13-5-4-8-15-13)14(17)11(2)12-6-7-12/h11-13,15H,3-10H2,1-2H3. The highest BCUT2D eigenvalue weighted by Crippen LogP contribution is 2.37. The highest BCUT2D eigenvalue weighted by atomic mass is 16.2. The monoisotopic (exact) mass is 238 g/mol. The molecule has 1 saturated carbocycles. The van der Waals surface area contributed by atoms with Crippen molar-refractivity contribution in [1.82, 2.24) is 10.2 Å². The van der Waals surface area contributed by atoms with E-state index < -0.39 is 0 Å². The number of nitrogens with zero attached hydrogens (tertiary/aromatic N) is 1. The summed E-state index contributed by atoms with van der Waals surface area (Å²) < 4.78 is 0. The van der Waals surface area contributed by atoms with E-state index in [0.717, 1.165) is 26.1 Å². The molecule has 3 heteroatoms. The summed E-state index contributed by atoms with van der Waals surface area (Å²) in [5.74, 6) is 1.32. The van der Waals surface area contributed by atoms with Crippen molar-refractivity contribution in [2.45, 2.75) is 52.0 Å². The molecule has 1 N–H and O–H groups in total. The number of hydrogen-bond donors (Lipinski definition) is 1. The third-order valence-corrected chi connectivity index (χ3v) is 4.13. The second-order valence-corrected chi connectivity index (χ2v) is 5.70. The minimum absolute atomic E-state index is 0.253. The van der Waals surface area contributed by atoms with E-state index in [1.165, 1.54) is 25.7 Å². The van der Waals surface area contributed by atoms with Crippen molar-refractivity contribution >= 4 is 5.91 Å². The number of hydrogen-bond acceptors (Lipinski definition) is 2. The molecule has 0 bridgehead atoms. The quantitative estimate of drug-likeness (QED) is 0.768. The van der Waals surface area contributed by atoms with Gasteiger partial charge in [0.1, 0.15) is 0 Å². The molecule has 0 spiro atoms. The first kappa shape index (κ1) is 12.9. The van der Waals surface area contributed by atoms with E-state index in [0.29, 0.717) is 17.9 Å². The largest absolute Gasteiger partial charge is 0.341 e. The molecular formula is C14H26N2O. The van der Waals surface area contributed by atoms with Gasteiger partial charge < -0.3 is 10.2 Å². The van der Waals surface area contributed by atoms with Crippen molar-refractivity contribution in [2.24, 2.45) is 11.8 Å². The SMILES string of the molecule is CCCN(CC1CCCN1)C(=O)C(C)C1CC1. The van der Waals surface area contributed by atoms with Gasteiger partial charge in [-0.25, -0.2) is 0 Å². The van der Waals surface area contributed by atoms with Crippen LogP contribution < -0.4 is 5.32 Å². The van der Waals surface area contributed by atoms with Gasteiger partial charge in [0.15, 0.2) is 0 Å². The zero-order valence-electron chi connectivity index (χ0n) is 11.2. The van der Waals surface area contributed by atoms with Gasteiger partial charge in [0.05, 0.1) is 0 Å². The highest BCUT2D eigenvalue weighted by molar-refractivity contribution is 5.79. The van der Waals surface area contributed by atoms with Crippen molar-refractivity contribution in [3.8, 4) is 0 Å². The molecule has 1 saturated heterocycles. The van der Waals surface area contributed by atoms with Crippen molar-refractivity contribution in [3.05, 3.63) is 0 Å². The lowest BCUT2D eigenvalue weighted by molar-refractivity contribution is -0.136. The van der Waals surface area contributed by atoms with Crippen molar-refractivity contribution < 1.29 is 4.79 Å². The summed E-state index contributed by atoms with van der Waals surface area (Å²) in [5, 5.41) is 3.49. The fraction of sp³-hybridized carbons (Fsp3) is 0.929. The Labute approximate surface area is 105 Å². The van der Waals surface area contributed by atoms with Crippen LogP contribution in [0.25, 0.3) is 0 Å². The molecule has 2 unspecified atom stereocenters. The molecule has 1 heterocycles. The molecule has 1 aliphatic carbocycles. The summed E-state index contributed by atoms with van der Waals surface area (Å²) in [6.07, 6.45) is 6.07. The van der Waals surface area contributed by atoms with Gasteiger partial charge in [-0.3, -0.25) is 4.79 Å². The van der Waals surface area contributed by atoms with Crippen LogP contribution in [0.4, 0.5) is 0 Å². The number of carbonyl (C=O) groups excluding carboxylic acids is 1. The van der Waals surface area contributed by atoms with Gasteiger partial charge in [-0.2, -0.15) is 0 Å². The average Bonchev–Trinajstić information content (AvgIpc) is 3.06. The van der Waals surface area contributed by atoms with Crippen LogP contribution in [0.5, 0.6) is 0 Å². The number of carbonyl (C=O) groups is 1. The lowest BCUT2D eigenvalue weighted by Crippen LogP contribution is -2.44. The molecule has 0 aromatic rings. The molecule has 3 nitrogen and oxygen atoms in total. The first-order valence-electron chi connectivity index (χ1n) is 7.24. The molecule has 1 aliphatic heterocycles. The first-order chi connectivity index (χ1) is 8.22. The Morgan fingerprint density at radius 3 is 2.71 bits per heavy atom. The molecule has 2 aliphatic rings. The fourth-order valence-corrected chi connectivity index (χ4v) is 2.83. The molecule has 0 aromatic carbocycles. The Morgan fingerprint density at radius 2 is 2.18 bits per heavy atom. The summed E-state index contributed by atoms with van der Waals surface area (Å²) in [5.41, 5.74) is 0. The minimum atomic E-state index is 0.253. The Bertz CT molecular complexity index is 257. The van der Waals surface area contributed by atoms with Gasteiger partial charge in [-0.05, 0) is 44.6 Å². The van der Waals surface area contributed by atoms with Crippen molar-refractivity contribution in [1.29, 1.82) is 0 Å². The topological polar surface area (TPSA) is 32.3 Å². The van der Waals surface area contributed by atoms with Crippen LogP contribution in [-0.4, -0.2) is 36.5 Å². The molecule has 17 heavy (non-hydrogen) atoms. The average molecular weight is 238 g/mol. The third-order valence-electron chi connectivity index (χ3n) is 4.13. The van der Waals surface area contributed by atoms with Crippen LogP contribution >= 0.6 is 0 Å². The van der Waals surface area contributed by atoms with Crippen LogP contribution in [0.2, 0.25) is 0 Å². The lowest BCUT2D eigenvalue weighted by Gasteiger charge is -2.28. The Balaban J connectivity index is 1.87. The Kier molecular flexibility index (Phi) is 4.43. The second kappa shape index (κ2) is 5.85. The minimum Gasteiger partial charge on any atom is -0.341 e. The van der Waals surface area contributed by atoms with Crippen LogP contribution in [-0.2, 0) is 4.79 Å². The van der Waals surface area contributed by atoms with Gasteiger partial charge in [-0.1, -0.05) is 13.8 Å². The molecule has 0 aromatic heterocycles. The number of nitrogens with one attached hydrogen (secondary N) is 1. The smallest absolute Gasteiger partial charge is 0.225 e. The van der Waals surface area contributed by atoms with E-state index >= 15 is 0 Å². The normalized spacial score (nSPS) is 25.9. The second-order valence-electron chi connectivity index (χ2n) is 5.70. The molecular weight excluding hydrogens is 212 g/mol.